The maximum atomic E-state index is 12.6. The summed E-state index contributed by atoms with van der Waals surface area (Å²) in [7, 11) is 0. The van der Waals surface area contributed by atoms with Crippen LogP contribution in [0.3, 0.4) is 0 Å². The number of hydrogen-bond acceptors (Lipinski definition) is 1. The van der Waals surface area contributed by atoms with Gasteiger partial charge in [0.05, 0.1) is 11.7 Å². The predicted octanol–water partition coefficient (Wildman–Crippen LogP) is 3.56. The third-order valence-electron chi connectivity index (χ3n) is 2.54. The molecule has 4 heteroatoms. The number of ether oxygens (including phenoxy) is 1. The predicted molar refractivity (Wildman–Crippen MR) is 49.4 cm³/mol. The third-order valence-corrected chi connectivity index (χ3v) is 2.54. The molecule has 1 unspecified atom stereocenters. The fourth-order valence-corrected chi connectivity index (χ4v) is 1.86. The number of halogens is 3. The van der Waals surface area contributed by atoms with Crippen LogP contribution in [0, 0.1) is 0 Å². The second-order valence-corrected chi connectivity index (χ2v) is 3.59. The molecular weight excluding hydrogens is 205 g/mol. The zero-order valence-electron chi connectivity index (χ0n) is 8.05. The van der Waals surface area contributed by atoms with Gasteiger partial charge in [-0.2, -0.15) is 13.2 Å². The van der Waals surface area contributed by atoms with Crippen molar-refractivity contribution in [3.05, 3.63) is 35.4 Å². The van der Waals surface area contributed by atoms with Crippen molar-refractivity contribution in [3.8, 4) is 0 Å². The Kier molecular flexibility index (Phi) is 2.69. The average molecular weight is 216 g/mol. The third kappa shape index (κ3) is 2.15. The minimum absolute atomic E-state index is 0.266. The monoisotopic (exact) mass is 216 g/mol. The van der Waals surface area contributed by atoms with Crippen LogP contribution in [-0.4, -0.2) is 6.61 Å². The van der Waals surface area contributed by atoms with Crippen LogP contribution in [0.5, 0.6) is 0 Å². The van der Waals surface area contributed by atoms with E-state index >= 15 is 0 Å². The van der Waals surface area contributed by atoms with Crippen molar-refractivity contribution in [2.45, 2.75) is 25.1 Å². The standard InChI is InChI=1S/C11H11F3O/c12-11(13,14)9-5-2-1-4-8(9)10-6-3-7-15-10/h1-2,4-5,10H,3,6-7H2. The van der Waals surface area contributed by atoms with E-state index in [-0.39, 0.29) is 11.7 Å². The van der Waals surface area contributed by atoms with Gasteiger partial charge in [-0.15, -0.1) is 0 Å². The minimum atomic E-state index is -4.29. The van der Waals surface area contributed by atoms with Crippen LogP contribution in [0.2, 0.25) is 0 Å². The van der Waals surface area contributed by atoms with Gasteiger partial charge in [0.1, 0.15) is 0 Å². The summed E-state index contributed by atoms with van der Waals surface area (Å²) in [5, 5.41) is 0. The van der Waals surface area contributed by atoms with Crippen LogP contribution in [-0.2, 0) is 10.9 Å². The molecule has 1 aliphatic rings. The molecule has 1 saturated heterocycles. The fourth-order valence-electron chi connectivity index (χ4n) is 1.86. The first-order valence-corrected chi connectivity index (χ1v) is 4.87. The molecule has 1 aromatic rings. The Morgan fingerprint density at radius 2 is 1.93 bits per heavy atom. The zero-order valence-corrected chi connectivity index (χ0v) is 8.05. The van der Waals surface area contributed by atoms with Crippen LogP contribution in [0.15, 0.2) is 24.3 Å². The van der Waals surface area contributed by atoms with Crippen LogP contribution in [0.4, 0.5) is 13.2 Å². The van der Waals surface area contributed by atoms with Gasteiger partial charge in [0.25, 0.3) is 0 Å². The Morgan fingerprint density at radius 3 is 2.53 bits per heavy atom. The molecule has 2 rings (SSSR count). The fraction of sp³-hybridized carbons (Fsp3) is 0.455. The van der Waals surface area contributed by atoms with Gasteiger partial charge in [0, 0.05) is 6.61 Å². The molecule has 0 saturated carbocycles. The van der Waals surface area contributed by atoms with Gasteiger partial charge in [-0.05, 0) is 24.5 Å². The number of benzene rings is 1. The van der Waals surface area contributed by atoms with Gasteiger partial charge in [-0.1, -0.05) is 18.2 Å². The smallest absolute Gasteiger partial charge is 0.374 e. The lowest BCUT2D eigenvalue weighted by molar-refractivity contribution is -0.139. The van der Waals surface area contributed by atoms with Gasteiger partial charge >= 0.3 is 6.18 Å². The van der Waals surface area contributed by atoms with Crippen molar-refractivity contribution in [1.82, 2.24) is 0 Å². The highest BCUT2D eigenvalue weighted by atomic mass is 19.4. The molecule has 0 bridgehead atoms. The van der Waals surface area contributed by atoms with E-state index in [1.54, 1.807) is 6.07 Å². The van der Waals surface area contributed by atoms with Gasteiger partial charge in [-0.3, -0.25) is 0 Å². The summed E-state index contributed by atoms with van der Waals surface area (Å²) in [6, 6.07) is 5.63. The second kappa shape index (κ2) is 3.85. The zero-order chi connectivity index (χ0) is 10.9. The molecule has 0 aliphatic carbocycles. The summed E-state index contributed by atoms with van der Waals surface area (Å²) in [4.78, 5) is 0. The SMILES string of the molecule is FC(F)(F)c1ccccc1C1CCCO1. The molecule has 0 spiro atoms. The van der Waals surface area contributed by atoms with Gasteiger partial charge < -0.3 is 4.74 Å². The van der Waals surface area contributed by atoms with E-state index in [1.165, 1.54) is 12.1 Å². The van der Waals surface area contributed by atoms with Crippen molar-refractivity contribution in [1.29, 1.82) is 0 Å². The molecule has 0 radical (unpaired) electrons. The number of hydrogen-bond donors (Lipinski definition) is 0. The van der Waals surface area contributed by atoms with E-state index in [4.69, 9.17) is 4.74 Å². The normalized spacial score (nSPS) is 21.9. The van der Waals surface area contributed by atoms with Gasteiger partial charge in [0.15, 0.2) is 0 Å². The molecule has 1 atom stereocenters. The maximum Gasteiger partial charge on any atom is 0.416 e. The Bertz CT molecular complexity index is 340. The lowest BCUT2D eigenvalue weighted by atomic mass is 10.00. The molecule has 1 fully saturated rings. The molecular formula is C11H11F3O. The van der Waals surface area contributed by atoms with Crippen molar-refractivity contribution < 1.29 is 17.9 Å². The van der Waals surface area contributed by atoms with Crippen LogP contribution in [0.25, 0.3) is 0 Å². The lowest BCUT2D eigenvalue weighted by Gasteiger charge is -2.16. The summed E-state index contributed by atoms with van der Waals surface area (Å²) >= 11 is 0. The topological polar surface area (TPSA) is 9.23 Å². The molecule has 1 nitrogen and oxygen atoms in total. The minimum Gasteiger partial charge on any atom is -0.374 e. The molecule has 0 aromatic heterocycles. The number of alkyl halides is 3. The van der Waals surface area contributed by atoms with Crippen LogP contribution < -0.4 is 0 Å². The molecule has 82 valence electrons. The van der Waals surface area contributed by atoms with Crippen molar-refractivity contribution >= 4 is 0 Å². The van der Waals surface area contributed by atoms with E-state index in [1.807, 2.05) is 0 Å². The van der Waals surface area contributed by atoms with E-state index in [2.05, 4.69) is 0 Å². The Hall–Kier alpha value is -1.03. The van der Waals surface area contributed by atoms with E-state index in [9.17, 15) is 13.2 Å². The largest absolute Gasteiger partial charge is 0.416 e. The molecule has 1 aromatic carbocycles. The van der Waals surface area contributed by atoms with Crippen molar-refractivity contribution in [2.75, 3.05) is 6.61 Å². The summed E-state index contributed by atoms with van der Waals surface area (Å²) in [6.07, 6.45) is -3.17. The summed E-state index contributed by atoms with van der Waals surface area (Å²) in [5.74, 6) is 0. The number of rotatable bonds is 1. The van der Waals surface area contributed by atoms with E-state index in [0.29, 0.717) is 13.0 Å². The maximum absolute atomic E-state index is 12.6. The highest BCUT2D eigenvalue weighted by molar-refractivity contribution is 5.31. The highest BCUT2D eigenvalue weighted by Crippen LogP contribution is 2.38. The molecule has 0 N–H and O–H groups in total. The van der Waals surface area contributed by atoms with Crippen LogP contribution >= 0.6 is 0 Å². The summed E-state index contributed by atoms with van der Waals surface area (Å²) in [6.45, 7) is 0.552. The molecule has 0 amide bonds. The van der Waals surface area contributed by atoms with Crippen LogP contribution in [0.1, 0.15) is 30.1 Å². The van der Waals surface area contributed by atoms with E-state index < -0.39 is 11.7 Å². The van der Waals surface area contributed by atoms with Crippen molar-refractivity contribution in [2.24, 2.45) is 0 Å². The quantitative estimate of drug-likeness (QED) is 0.697. The summed E-state index contributed by atoms with van der Waals surface area (Å²) in [5.41, 5.74) is -0.306. The van der Waals surface area contributed by atoms with Crippen molar-refractivity contribution in [3.63, 3.8) is 0 Å². The Balaban J connectivity index is 2.37. The lowest BCUT2D eigenvalue weighted by Crippen LogP contribution is -2.11. The molecule has 1 heterocycles. The molecule has 1 aliphatic heterocycles. The Labute approximate surface area is 85.9 Å². The average Bonchev–Trinajstić information content (AvgIpc) is 2.69. The second-order valence-electron chi connectivity index (χ2n) is 3.59. The first-order chi connectivity index (χ1) is 7.09. The first kappa shape index (κ1) is 10.5. The van der Waals surface area contributed by atoms with E-state index in [0.717, 1.165) is 12.5 Å². The highest BCUT2D eigenvalue weighted by Gasteiger charge is 2.35. The van der Waals surface area contributed by atoms with Gasteiger partial charge in [0.2, 0.25) is 0 Å². The van der Waals surface area contributed by atoms with Gasteiger partial charge in [-0.25, -0.2) is 0 Å². The molecule has 15 heavy (non-hydrogen) atoms. The first-order valence-electron chi connectivity index (χ1n) is 4.87. The summed E-state index contributed by atoms with van der Waals surface area (Å²) < 4.78 is 43.2. The Morgan fingerprint density at radius 1 is 1.20 bits per heavy atom.